The smallest absolute Gasteiger partial charge is 0.247 e. The Labute approximate surface area is 187 Å². The quantitative estimate of drug-likeness (QED) is 0.663. The van der Waals surface area contributed by atoms with Gasteiger partial charge in [-0.15, -0.1) is 0 Å². The molecular weight excluding hydrogens is 468 g/mol. The number of hydrogen-bond acceptors (Lipinski definition) is 5. The Morgan fingerprint density at radius 3 is 2.63 bits per heavy atom. The van der Waals surface area contributed by atoms with Crippen molar-refractivity contribution in [3.8, 4) is 5.75 Å². The predicted molar refractivity (Wildman–Crippen MR) is 121 cm³/mol. The highest BCUT2D eigenvalue weighted by Crippen LogP contribution is 2.35. The molecule has 3 atom stereocenters. The molecule has 30 heavy (non-hydrogen) atoms. The fourth-order valence-electron chi connectivity index (χ4n) is 3.68. The molecule has 0 amide bonds. The van der Waals surface area contributed by atoms with Crippen molar-refractivity contribution >= 4 is 26.0 Å². The molecule has 0 bridgehead atoms. The monoisotopic (exact) mass is 496 g/mol. The van der Waals surface area contributed by atoms with Gasteiger partial charge < -0.3 is 9.84 Å². The minimum atomic E-state index is -3.79. The fourth-order valence-corrected chi connectivity index (χ4v) is 5.85. The van der Waals surface area contributed by atoms with Crippen molar-refractivity contribution in [3.05, 3.63) is 58.6 Å². The van der Waals surface area contributed by atoms with Gasteiger partial charge in [-0.3, -0.25) is 4.90 Å². The van der Waals surface area contributed by atoms with E-state index in [1.54, 1.807) is 25.1 Å². The second-order valence-corrected chi connectivity index (χ2v) is 10.8. The molecule has 0 saturated carbocycles. The third-order valence-corrected chi connectivity index (χ3v) is 7.93. The Kier molecular flexibility index (Phi) is 7.57. The van der Waals surface area contributed by atoms with E-state index in [1.807, 2.05) is 32.2 Å². The average molecular weight is 497 g/mol. The van der Waals surface area contributed by atoms with Crippen LogP contribution in [0.3, 0.4) is 0 Å². The number of aliphatic hydroxyl groups excluding tert-OH is 1. The first-order chi connectivity index (χ1) is 14.2. The maximum Gasteiger partial charge on any atom is 0.247 e. The summed E-state index contributed by atoms with van der Waals surface area (Å²) < 4.78 is 35.1. The zero-order valence-corrected chi connectivity index (χ0v) is 19.9. The van der Waals surface area contributed by atoms with E-state index in [0.29, 0.717) is 12.3 Å². The summed E-state index contributed by atoms with van der Waals surface area (Å²) in [7, 11) is -1.75. The lowest BCUT2D eigenvalue weighted by Gasteiger charge is -2.37. The highest BCUT2D eigenvalue weighted by molar-refractivity contribution is 9.10. The lowest BCUT2D eigenvalue weighted by atomic mass is 10.0. The van der Waals surface area contributed by atoms with Crippen LogP contribution in [0, 0.1) is 5.92 Å². The van der Waals surface area contributed by atoms with Gasteiger partial charge in [0.2, 0.25) is 10.0 Å². The Bertz CT molecular complexity index is 955. The third-order valence-electron chi connectivity index (χ3n) is 5.42. The number of halogens is 1. The summed E-state index contributed by atoms with van der Waals surface area (Å²) in [6.07, 6.45) is -0.212. The van der Waals surface area contributed by atoms with Gasteiger partial charge in [-0.05, 0) is 37.7 Å². The number of nitrogens with zero attached hydrogens (tertiary/aromatic N) is 2. The maximum absolute atomic E-state index is 13.3. The largest absolute Gasteiger partial charge is 0.487 e. The van der Waals surface area contributed by atoms with Gasteiger partial charge in [0, 0.05) is 36.1 Å². The Hall–Kier alpha value is -1.45. The molecule has 0 aliphatic carbocycles. The summed E-state index contributed by atoms with van der Waals surface area (Å²) in [5.74, 6) is 0.267. The van der Waals surface area contributed by atoms with Gasteiger partial charge in [-0.2, -0.15) is 4.31 Å². The second kappa shape index (κ2) is 9.78. The molecule has 0 fully saturated rings. The van der Waals surface area contributed by atoms with Crippen molar-refractivity contribution in [1.82, 2.24) is 9.21 Å². The van der Waals surface area contributed by atoms with Crippen molar-refractivity contribution in [2.24, 2.45) is 5.92 Å². The van der Waals surface area contributed by atoms with E-state index in [-0.39, 0.29) is 30.1 Å². The van der Waals surface area contributed by atoms with Crippen molar-refractivity contribution in [2.75, 3.05) is 26.7 Å². The van der Waals surface area contributed by atoms with Gasteiger partial charge >= 0.3 is 0 Å². The van der Waals surface area contributed by atoms with Gasteiger partial charge in [-0.1, -0.05) is 53.2 Å². The fraction of sp³-hybridized carbons (Fsp3) is 0.455. The zero-order chi connectivity index (χ0) is 21.9. The molecule has 1 N–H and O–H groups in total. The lowest BCUT2D eigenvalue weighted by Crippen LogP contribution is -2.49. The highest BCUT2D eigenvalue weighted by Gasteiger charge is 2.38. The van der Waals surface area contributed by atoms with Crippen LogP contribution in [-0.2, 0) is 16.6 Å². The predicted octanol–water partition coefficient (Wildman–Crippen LogP) is 3.35. The molecule has 0 aromatic heterocycles. The topological polar surface area (TPSA) is 70.1 Å². The Balaban J connectivity index is 1.92. The van der Waals surface area contributed by atoms with Gasteiger partial charge in [0.1, 0.15) is 16.7 Å². The Morgan fingerprint density at radius 1 is 1.27 bits per heavy atom. The molecule has 164 valence electrons. The molecule has 2 aromatic carbocycles. The molecule has 8 heteroatoms. The standard InChI is InChI=1S/C22H29BrN2O4S/c1-16-12-25(17(2)15-26)30(27,28)22-10-9-19(23)11-20(22)29-21(16)14-24(3)13-18-7-5-4-6-8-18/h4-11,16-17,21,26H,12-15H2,1-3H3/t16-,17-,21+/m1/s1. The molecule has 0 spiro atoms. The molecule has 3 rings (SSSR count). The van der Waals surface area contributed by atoms with E-state index in [1.165, 1.54) is 9.87 Å². The van der Waals surface area contributed by atoms with E-state index in [9.17, 15) is 13.5 Å². The lowest BCUT2D eigenvalue weighted by molar-refractivity contribution is 0.0733. The SMILES string of the molecule is C[C@@H]1CN([C@H](C)CO)S(=O)(=O)c2ccc(Br)cc2O[C@H]1CN(C)Cc1ccccc1. The number of benzene rings is 2. The van der Waals surface area contributed by atoms with Crippen molar-refractivity contribution in [1.29, 1.82) is 0 Å². The molecule has 0 radical (unpaired) electrons. The minimum Gasteiger partial charge on any atom is -0.487 e. The molecule has 0 saturated heterocycles. The molecule has 6 nitrogen and oxygen atoms in total. The van der Waals surface area contributed by atoms with E-state index in [4.69, 9.17) is 4.74 Å². The van der Waals surface area contributed by atoms with Crippen LogP contribution in [0.4, 0.5) is 0 Å². The first kappa shape index (κ1) is 23.2. The van der Waals surface area contributed by atoms with Gasteiger partial charge in [0.05, 0.1) is 6.61 Å². The summed E-state index contributed by atoms with van der Waals surface area (Å²) in [4.78, 5) is 2.32. The van der Waals surface area contributed by atoms with Crippen LogP contribution in [-0.4, -0.2) is 61.6 Å². The first-order valence-corrected chi connectivity index (χ1v) is 12.3. The third kappa shape index (κ3) is 5.23. The molecule has 0 unspecified atom stereocenters. The van der Waals surface area contributed by atoms with Crippen molar-refractivity contribution < 1.29 is 18.3 Å². The second-order valence-electron chi connectivity index (χ2n) is 8.01. The number of hydrogen-bond donors (Lipinski definition) is 1. The minimum absolute atomic E-state index is 0.0703. The summed E-state index contributed by atoms with van der Waals surface area (Å²) in [5, 5.41) is 9.68. The zero-order valence-electron chi connectivity index (χ0n) is 17.5. The average Bonchev–Trinajstić information content (AvgIpc) is 2.70. The van der Waals surface area contributed by atoms with E-state index >= 15 is 0 Å². The summed E-state index contributed by atoms with van der Waals surface area (Å²) in [6.45, 7) is 5.18. The molecule has 1 aliphatic rings. The summed E-state index contributed by atoms with van der Waals surface area (Å²) >= 11 is 3.42. The van der Waals surface area contributed by atoms with Crippen LogP contribution < -0.4 is 4.74 Å². The summed E-state index contributed by atoms with van der Waals surface area (Å²) in [5.41, 5.74) is 1.21. The van der Waals surface area contributed by atoms with Gasteiger partial charge in [0.15, 0.2) is 0 Å². The van der Waals surface area contributed by atoms with Crippen molar-refractivity contribution in [2.45, 2.75) is 37.4 Å². The number of rotatable bonds is 6. The van der Waals surface area contributed by atoms with Crippen molar-refractivity contribution in [3.63, 3.8) is 0 Å². The van der Waals surface area contributed by atoms with Crippen LogP contribution >= 0.6 is 15.9 Å². The number of fused-ring (bicyclic) bond motifs is 1. The van der Waals surface area contributed by atoms with E-state index < -0.39 is 16.1 Å². The number of ether oxygens (including phenoxy) is 1. The van der Waals surface area contributed by atoms with Crippen LogP contribution in [0.2, 0.25) is 0 Å². The first-order valence-electron chi connectivity index (χ1n) is 10.0. The molecular formula is C22H29BrN2O4S. The van der Waals surface area contributed by atoms with Crippen LogP contribution in [0.15, 0.2) is 57.9 Å². The van der Waals surface area contributed by atoms with Crippen LogP contribution in [0.5, 0.6) is 5.75 Å². The number of sulfonamides is 1. The summed E-state index contributed by atoms with van der Waals surface area (Å²) in [6, 6.07) is 14.7. The number of likely N-dealkylation sites (N-methyl/N-ethyl adjacent to an activating group) is 1. The van der Waals surface area contributed by atoms with Gasteiger partial charge in [0.25, 0.3) is 0 Å². The molecule has 2 aromatic rings. The van der Waals surface area contributed by atoms with Crippen LogP contribution in [0.1, 0.15) is 19.4 Å². The highest BCUT2D eigenvalue weighted by atomic mass is 79.9. The van der Waals surface area contributed by atoms with Crippen LogP contribution in [0.25, 0.3) is 0 Å². The maximum atomic E-state index is 13.3. The normalized spacial score (nSPS) is 22.6. The van der Waals surface area contributed by atoms with E-state index in [2.05, 4.69) is 33.0 Å². The number of aliphatic hydroxyl groups is 1. The molecule has 1 heterocycles. The Morgan fingerprint density at radius 2 is 1.97 bits per heavy atom. The van der Waals surface area contributed by atoms with Gasteiger partial charge in [-0.25, -0.2) is 8.42 Å². The molecule has 1 aliphatic heterocycles. The van der Waals surface area contributed by atoms with E-state index in [0.717, 1.165) is 11.0 Å².